The van der Waals surface area contributed by atoms with E-state index in [-0.39, 0.29) is 5.91 Å². The van der Waals surface area contributed by atoms with Crippen LogP contribution >= 0.6 is 11.6 Å². The third-order valence-electron chi connectivity index (χ3n) is 5.28. The van der Waals surface area contributed by atoms with Gasteiger partial charge in [0.1, 0.15) is 0 Å². The molecule has 0 aliphatic carbocycles. The maximum Gasteiger partial charge on any atom is 0.224 e. The summed E-state index contributed by atoms with van der Waals surface area (Å²) in [6.45, 7) is 7.34. The lowest BCUT2D eigenvalue weighted by atomic mass is 10.0. The number of benzene rings is 1. The Kier molecular flexibility index (Phi) is 6.14. The summed E-state index contributed by atoms with van der Waals surface area (Å²) in [7, 11) is 0. The van der Waals surface area contributed by atoms with Crippen LogP contribution in [0.3, 0.4) is 0 Å². The number of hydrogen-bond acceptors (Lipinski definition) is 3. The van der Waals surface area contributed by atoms with Crippen molar-refractivity contribution in [3.05, 3.63) is 34.9 Å². The number of nitrogens with zero attached hydrogens (tertiary/aromatic N) is 2. The largest absolute Gasteiger partial charge is 0.341 e. The fourth-order valence-corrected chi connectivity index (χ4v) is 4.02. The quantitative estimate of drug-likeness (QED) is 0.857. The Morgan fingerprint density at radius 2 is 2.04 bits per heavy atom. The van der Waals surface area contributed by atoms with Crippen molar-refractivity contribution in [2.45, 2.75) is 44.7 Å². The van der Waals surface area contributed by atoms with Crippen molar-refractivity contribution in [3.8, 4) is 0 Å². The van der Waals surface area contributed by atoms with Gasteiger partial charge in [0.05, 0.1) is 0 Å². The fourth-order valence-electron chi connectivity index (χ4n) is 3.81. The molecular weight excluding hydrogens is 322 g/mol. The van der Waals surface area contributed by atoms with Crippen LogP contribution in [-0.2, 0) is 11.2 Å². The third kappa shape index (κ3) is 4.71. The lowest BCUT2D eigenvalue weighted by molar-refractivity contribution is -0.127. The average Bonchev–Trinajstić information content (AvgIpc) is 2.93. The predicted molar refractivity (Wildman–Crippen MR) is 98.4 cm³/mol. The first-order valence-corrected chi connectivity index (χ1v) is 9.52. The zero-order chi connectivity index (χ0) is 16.9. The van der Waals surface area contributed by atoms with Crippen LogP contribution in [0.15, 0.2) is 24.3 Å². The first kappa shape index (κ1) is 17.7. The highest BCUT2D eigenvalue weighted by atomic mass is 35.5. The Morgan fingerprint density at radius 3 is 2.75 bits per heavy atom. The molecule has 1 atom stereocenters. The van der Waals surface area contributed by atoms with Crippen LogP contribution in [-0.4, -0.2) is 60.5 Å². The van der Waals surface area contributed by atoms with Gasteiger partial charge < -0.3 is 15.1 Å². The molecule has 24 heavy (non-hydrogen) atoms. The van der Waals surface area contributed by atoms with Crippen LogP contribution in [0.4, 0.5) is 0 Å². The van der Waals surface area contributed by atoms with Crippen molar-refractivity contribution in [1.29, 1.82) is 0 Å². The molecule has 1 unspecified atom stereocenters. The first-order valence-electron chi connectivity index (χ1n) is 9.14. The summed E-state index contributed by atoms with van der Waals surface area (Å²) in [6, 6.07) is 8.79. The smallest absolute Gasteiger partial charge is 0.224 e. The van der Waals surface area contributed by atoms with Crippen molar-refractivity contribution in [3.63, 3.8) is 0 Å². The van der Waals surface area contributed by atoms with Crippen molar-refractivity contribution >= 4 is 17.5 Å². The van der Waals surface area contributed by atoms with Gasteiger partial charge in [0.2, 0.25) is 5.91 Å². The number of rotatable bonds is 6. The van der Waals surface area contributed by atoms with E-state index in [1.54, 1.807) is 0 Å². The van der Waals surface area contributed by atoms with Gasteiger partial charge in [-0.2, -0.15) is 0 Å². The molecule has 1 N–H and O–H groups in total. The summed E-state index contributed by atoms with van der Waals surface area (Å²) in [5.74, 6) is 0.278. The number of hydrogen-bond donors (Lipinski definition) is 1. The van der Waals surface area contributed by atoms with Gasteiger partial charge in [-0.25, -0.2) is 0 Å². The first-order chi connectivity index (χ1) is 11.6. The highest BCUT2D eigenvalue weighted by Gasteiger charge is 2.31. The highest BCUT2D eigenvalue weighted by molar-refractivity contribution is 6.30. The number of halogens is 1. The molecule has 0 radical (unpaired) electrons. The number of carbonyl (C=O) groups excluding carboxylic acids is 1. The molecule has 132 valence electrons. The molecule has 0 saturated carbocycles. The van der Waals surface area contributed by atoms with E-state index in [2.05, 4.69) is 23.2 Å². The van der Waals surface area contributed by atoms with E-state index in [9.17, 15) is 4.79 Å². The molecule has 3 rings (SSSR count). The molecule has 2 saturated heterocycles. The normalized spacial score (nSPS) is 23.2. The highest BCUT2D eigenvalue weighted by Crippen LogP contribution is 2.17. The summed E-state index contributed by atoms with van der Waals surface area (Å²) < 4.78 is 0. The monoisotopic (exact) mass is 349 g/mol. The number of piperidine rings is 1. The Bertz CT molecular complexity index is 557. The summed E-state index contributed by atoms with van der Waals surface area (Å²) in [5.41, 5.74) is 1.19. The molecule has 0 aromatic heterocycles. The van der Waals surface area contributed by atoms with Crippen molar-refractivity contribution in [1.82, 2.24) is 15.1 Å². The van der Waals surface area contributed by atoms with Gasteiger partial charge in [0.25, 0.3) is 0 Å². The molecule has 0 bridgehead atoms. The van der Waals surface area contributed by atoms with Gasteiger partial charge in [-0.1, -0.05) is 30.7 Å². The maximum absolute atomic E-state index is 12.3. The SMILES string of the molecule is CCN1CCC(NC2CC(=O)N(CCc3cccc(Cl)c3)C2)CC1. The van der Waals surface area contributed by atoms with Crippen molar-refractivity contribution in [2.75, 3.05) is 32.7 Å². The van der Waals surface area contributed by atoms with E-state index in [1.807, 2.05) is 23.1 Å². The van der Waals surface area contributed by atoms with Crippen LogP contribution in [0.5, 0.6) is 0 Å². The van der Waals surface area contributed by atoms with Crippen molar-refractivity contribution in [2.24, 2.45) is 0 Å². The molecule has 0 spiro atoms. The molecule has 1 aromatic rings. The topological polar surface area (TPSA) is 35.6 Å². The Balaban J connectivity index is 1.44. The van der Waals surface area contributed by atoms with E-state index < -0.39 is 0 Å². The molecule has 4 nitrogen and oxygen atoms in total. The van der Waals surface area contributed by atoms with E-state index >= 15 is 0 Å². The number of nitrogens with one attached hydrogen (secondary N) is 1. The Morgan fingerprint density at radius 1 is 1.25 bits per heavy atom. The van der Waals surface area contributed by atoms with E-state index in [0.717, 1.165) is 31.1 Å². The Labute approximate surface area is 150 Å². The van der Waals surface area contributed by atoms with Gasteiger partial charge in [-0.05, 0) is 56.6 Å². The number of likely N-dealkylation sites (tertiary alicyclic amines) is 2. The minimum absolute atomic E-state index is 0.278. The maximum atomic E-state index is 12.3. The van der Waals surface area contributed by atoms with Gasteiger partial charge in [0, 0.05) is 36.6 Å². The van der Waals surface area contributed by atoms with Gasteiger partial charge >= 0.3 is 0 Å². The summed E-state index contributed by atoms with van der Waals surface area (Å²) in [4.78, 5) is 16.8. The lowest BCUT2D eigenvalue weighted by Gasteiger charge is -2.33. The molecule has 2 heterocycles. The van der Waals surface area contributed by atoms with Gasteiger partial charge in [-0.3, -0.25) is 4.79 Å². The van der Waals surface area contributed by atoms with E-state index in [4.69, 9.17) is 11.6 Å². The summed E-state index contributed by atoms with van der Waals surface area (Å²) in [5, 5.41) is 4.48. The minimum atomic E-state index is 0.278. The van der Waals surface area contributed by atoms with E-state index in [1.165, 1.54) is 31.5 Å². The van der Waals surface area contributed by atoms with E-state index in [0.29, 0.717) is 18.5 Å². The van der Waals surface area contributed by atoms with Crippen LogP contribution in [0, 0.1) is 0 Å². The second-order valence-corrected chi connectivity index (χ2v) is 7.43. The zero-order valence-corrected chi connectivity index (χ0v) is 15.3. The van der Waals surface area contributed by atoms with Crippen molar-refractivity contribution < 1.29 is 4.79 Å². The average molecular weight is 350 g/mol. The van der Waals surface area contributed by atoms with Gasteiger partial charge in [-0.15, -0.1) is 0 Å². The summed E-state index contributed by atoms with van der Waals surface area (Å²) >= 11 is 6.03. The molecule has 1 amide bonds. The lowest BCUT2D eigenvalue weighted by Crippen LogP contribution is -2.46. The van der Waals surface area contributed by atoms with Crippen LogP contribution in [0.2, 0.25) is 5.02 Å². The van der Waals surface area contributed by atoms with Gasteiger partial charge in [0.15, 0.2) is 0 Å². The molecule has 2 aliphatic heterocycles. The second kappa shape index (κ2) is 8.32. The minimum Gasteiger partial charge on any atom is -0.341 e. The Hall–Kier alpha value is -1.10. The van der Waals surface area contributed by atoms with Crippen LogP contribution in [0.25, 0.3) is 0 Å². The molecule has 5 heteroatoms. The summed E-state index contributed by atoms with van der Waals surface area (Å²) in [6.07, 6.45) is 3.90. The number of carbonyl (C=O) groups is 1. The zero-order valence-electron chi connectivity index (χ0n) is 14.5. The molecular formula is C19H28ClN3O. The van der Waals surface area contributed by atoms with Crippen LogP contribution in [0.1, 0.15) is 31.7 Å². The standard InChI is InChI=1S/C19H28ClN3O/c1-2-22-9-7-17(8-10-22)21-18-13-19(24)23(14-18)11-6-15-4-3-5-16(20)12-15/h3-5,12,17-18,21H,2,6-11,13-14H2,1H3. The number of amides is 1. The molecule has 1 aromatic carbocycles. The molecule has 2 aliphatic rings. The molecule has 2 fully saturated rings. The third-order valence-corrected chi connectivity index (χ3v) is 5.52. The van der Waals surface area contributed by atoms with Crippen LogP contribution < -0.4 is 5.32 Å². The second-order valence-electron chi connectivity index (χ2n) is 7.00. The fraction of sp³-hybridized carbons (Fsp3) is 0.632. The predicted octanol–water partition coefficient (Wildman–Crippen LogP) is 2.56.